The fourth-order valence-electron chi connectivity index (χ4n) is 2.84. The molecule has 5 heteroatoms. The molecule has 0 radical (unpaired) electrons. The smallest absolute Gasteiger partial charge is 0.175 e. The number of hydrogen-bond acceptors (Lipinski definition) is 4. The number of hydrogen-bond donors (Lipinski definition) is 0. The standard InChI is InChI=1S/C14H19NO3S/c1-19(16,17)13-5-3-12(4-6-13)15-9-10-18-14(11-15)7-2-8-14/h3-6H,2,7-11H2,1H3. The summed E-state index contributed by atoms with van der Waals surface area (Å²) in [6, 6.07) is 7.17. The van der Waals surface area contributed by atoms with Gasteiger partial charge in [-0.15, -0.1) is 0 Å². The van der Waals surface area contributed by atoms with Crippen molar-refractivity contribution in [3.05, 3.63) is 24.3 Å². The summed E-state index contributed by atoms with van der Waals surface area (Å²) in [5, 5.41) is 0. The fraction of sp³-hybridized carbons (Fsp3) is 0.571. The van der Waals surface area contributed by atoms with Crippen LogP contribution in [0.3, 0.4) is 0 Å². The zero-order valence-corrected chi connectivity index (χ0v) is 11.9. The van der Waals surface area contributed by atoms with Gasteiger partial charge in [0.2, 0.25) is 0 Å². The van der Waals surface area contributed by atoms with Gasteiger partial charge < -0.3 is 9.64 Å². The predicted molar refractivity (Wildman–Crippen MR) is 74.3 cm³/mol. The largest absolute Gasteiger partial charge is 0.371 e. The van der Waals surface area contributed by atoms with E-state index in [4.69, 9.17) is 4.74 Å². The average molecular weight is 281 g/mol. The Balaban J connectivity index is 1.78. The molecule has 3 rings (SSSR count). The Hall–Kier alpha value is -1.07. The summed E-state index contributed by atoms with van der Waals surface area (Å²) in [7, 11) is -3.11. The molecule has 0 aromatic heterocycles. The Labute approximate surface area is 114 Å². The average Bonchev–Trinajstić information content (AvgIpc) is 2.36. The molecule has 1 aromatic carbocycles. The molecule has 1 aromatic rings. The molecular formula is C14H19NO3S. The van der Waals surface area contributed by atoms with Gasteiger partial charge in [-0.1, -0.05) is 0 Å². The number of sulfone groups is 1. The number of benzene rings is 1. The van der Waals surface area contributed by atoms with Crippen LogP contribution in [0.2, 0.25) is 0 Å². The van der Waals surface area contributed by atoms with Gasteiger partial charge in [0.05, 0.1) is 17.1 Å². The maximum atomic E-state index is 11.4. The fourth-order valence-corrected chi connectivity index (χ4v) is 3.47. The van der Waals surface area contributed by atoms with Crippen LogP contribution in [-0.4, -0.2) is 40.0 Å². The highest BCUT2D eigenvalue weighted by Crippen LogP contribution is 2.39. The molecule has 1 saturated heterocycles. The van der Waals surface area contributed by atoms with Crippen molar-refractivity contribution in [3.8, 4) is 0 Å². The molecule has 2 aliphatic rings. The van der Waals surface area contributed by atoms with Crippen molar-refractivity contribution < 1.29 is 13.2 Å². The molecule has 0 amide bonds. The van der Waals surface area contributed by atoms with Crippen LogP contribution in [0.5, 0.6) is 0 Å². The van der Waals surface area contributed by atoms with Gasteiger partial charge in [-0.3, -0.25) is 0 Å². The summed E-state index contributed by atoms with van der Waals surface area (Å²) in [5.74, 6) is 0. The molecule has 1 aliphatic heterocycles. The Kier molecular flexibility index (Phi) is 3.06. The quantitative estimate of drug-likeness (QED) is 0.830. The Bertz CT molecular complexity index is 561. The maximum absolute atomic E-state index is 11.4. The molecule has 1 heterocycles. The molecule has 104 valence electrons. The van der Waals surface area contributed by atoms with Crippen molar-refractivity contribution in [1.29, 1.82) is 0 Å². The first-order chi connectivity index (χ1) is 8.99. The Morgan fingerprint density at radius 3 is 2.42 bits per heavy atom. The minimum atomic E-state index is -3.11. The molecule has 0 atom stereocenters. The van der Waals surface area contributed by atoms with Crippen molar-refractivity contribution in [2.45, 2.75) is 29.8 Å². The summed E-state index contributed by atoms with van der Waals surface area (Å²) in [6.45, 7) is 2.55. The number of rotatable bonds is 2. The van der Waals surface area contributed by atoms with Crippen molar-refractivity contribution in [2.24, 2.45) is 0 Å². The van der Waals surface area contributed by atoms with Crippen molar-refractivity contribution in [3.63, 3.8) is 0 Å². The number of ether oxygens (including phenoxy) is 1. The van der Waals surface area contributed by atoms with Crippen LogP contribution in [0.4, 0.5) is 5.69 Å². The molecule has 1 aliphatic carbocycles. The van der Waals surface area contributed by atoms with E-state index in [2.05, 4.69) is 4.90 Å². The Morgan fingerprint density at radius 1 is 1.21 bits per heavy atom. The van der Waals surface area contributed by atoms with Gasteiger partial charge >= 0.3 is 0 Å². The molecule has 19 heavy (non-hydrogen) atoms. The van der Waals surface area contributed by atoms with Crippen LogP contribution >= 0.6 is 0 Å². The van der Waals surface area contributed by atoms with Gasteiger partial charge in [0, 0.05) is 25.0 Å². The monoisotopic (exact) mass is 281 g/mol. The third-order valence-corrected chi connectivity index (χ3v) is 5.27. The molecule has 0 unspecified atom stereocenters. The van der Waals surface area contributed by atoms with Gasteiger partial charge in [-0.25, -0.2) is 8.42 Å². The minimum absolute atomic E-state index is 0.0632. The first-order valence-electron chi connectivity index (χ1n) is 6.68. The lowest BCUT2D eigenvalue weighted by molar-refractivity contribution is -0.106. The van der Waals surface area contributed by atoms with Crippen LogP contribution in [0.1, 0.15) is 19.3 Å². The molecule has 1 spiro atoms. The van der Waals surface area contributed by atoms with Crippen molar-refractivity contribution in [1.82, 2.24) is 0 Å². The van der Waals surface area contributed by atoms with E-state index in [1.807, 2.05) is 12.1 Å². The second-order valence-corrected chi connectivity index (χ2v) is 7.59. The first-order valence-corrected chi connectivity index (χ1v) is 8.57. The minimum Gasteiger partial charge on any atom is -0.371 e. The third-order valence-electron chi connectivity index (χ3n) is 4.14. The number of morpholine rings is 1. The summed E-state index contributed by atoms with van der Waals surface area (Å²) in [4.78, 5) is 2.68. The van der Waals surface area contributed by atoms with E-state index in [1.54, 1.807) is 12.1 Å². The zero-order chi connectivity index (χ0) is 13.5. The summed E-state index contributed by atoms with van der Waals surface area (Å²) in [5.41, 5.74) is 1.15. The molecular weight excluding hydrogens is 262 g/mol. The molecule has 4 nitrogen and oxygen atoms in total. The highest BCUT2D eigenvalue weighted by Gasteiger charge is 2.42. The third kappa shape index (κ3) is 2.49. The van der Waals surface area contributed by atoms with Crippen LogP contribution in [0, 0.1) is 0 Å². The number of anilines is 1. The lowest BCUT2D eigenvalue weighted by Gasteiger charge is -2.49. The van der Waals surface area contributed by atoms with Gasteiger partial charge in [0.1, 0.15) is 0 Å². The van der Waals surface area contributed by atoms with Crippen LogP contribution in [0.15, 0.2) is 29.2 Å². The zero-order valence-electron chi connectivity index (χ0n) is 11.1. The summed E-state index contributed by atoms with van der Waals surface area (Å²) >= 11 is 0. The van der Waals surface area contributed by atoms with E-state index < -0.39 is 9.84 Å². The Morgan fingerprint density at radius 2 is 1.89 bits per heavy atom. The van der Waals surface area contributed by atoms with Crippen LogP contribution in [-0.2, 0) is 14.6 Å². The van der Waals surface area contributed by atoms with Crippen molar-refractivity contribution >= 4 is 15.5 Å². The molecule has 2 fully saturated rings. The van der Waals surface area contributed by atoms with E-state index in [1.165, 1.54) is 12.7 Å². The second kappa shape index (κ2) is 4.49. The highest BCUT2D eigenvalue weighted by atomic mass is 32.2. The lowest BCUT2D eigenvalue weighted by Crippen LogP contribution is -2.55. The second-order valence-electron chi connectivity index (χ2n) is 5.57. The molecule has 0 bridgehead atoms. The molecule has 1 saturated carbocycles. The van der Waals surface area contributed by atoms with Gasteiger partial charge in [-0.2, -0.15) is 0 Å². The molecule has 0 N–H and O–H groups in total. The van der Waals surface area contributed by atoms with E-state index in [0.29, 0.717) is 4.90 Å². The van der Waals surface area contributed by atoms with E-state index >= 15 is 0 Å². The summed E-state index contributed by atoms with van der Waals surface area (Å²) in [6.07, 6.45) is 4.77. The van der Waals surface area contributed by atoms with E-state index in [0.717, 1.165) is 38.2 Å². The van der Waals surface area contributed by atoms with Crippen LogP contribution < -0.4 is 4.90 Å². The van der Waals surface area contributed by atoms with E-state index in [9.17, 15) is 8.42 Å². The normalized spacial score (nSPS) is 22.3. The van der Waals surface area contributed by atoms with Gasteiger partial charge in [0.25, 0.3) is 0 Å². The SMILES string of the molecule is CS(=O)(=O)c1ccc(N2CCOC3(CCC3)C2)cc1. The van der Waals surface area contributed by atoms with E-state index in [-0.39, 0.29) is 5.60 Å². The number of nitrogens with zero attached hydrogens (tertiary/aromatic N) is 1. The first kappa shape index (κ1) is 12.9. The predicted octanol–water partition coefficient (Wildman–Crippen LogP) is 1.85. The van der Waals surface area contributed by atoms with Gasteiger partial charge in [0.15, 0.2) is 9.84 Å². The van der Waals surface area contributed by atoms with Crippen LogP contribution in [0.25, 0.3) is 0 Å². The maximum Gasteiger partial charge on any atom is 0.175 e. The lowest BCUT2D eigenvalue weighted by atomic mass is 9.79. The highest BCUT2D eigenvalue weighted by molar-refractivity contribution is 7.90. The topological polar surface area (TPSA) is 46.6 Å². The van der Waals surface area contributed by atoms with Gasteiger partial charge in [-0.05, 0) is 43.5 Å². The summed E-state index contributed by atoms with van der Waals surface area (Å²) < 4.78 is 28.8. The van der Waals surface area contributed by atoms with Crippen molar-refractivity contribution in [2.75, 3.05) is 30.9 Å².